The van der Waals surface area contributed by atoms with Gasteiger partial charge in [-0.2, -0.15) is 0 Å². The van der Waals surface area contributed by atoms with Crippen molar-refractivity contribution >= 4 is 33.8 Å². The summed E-state index contributed by atoms with van der Waals surface area (Å²) in [4.78, 5) is 18.8. The van der Waals surface area contributed by atoms with E-state index in [1.54, 1.807) is 24.4 Å². The van der Waals surface area contributed by atoms with E-state index in [0.29, 0.717) is 35.1 Å². The van der Waals surface area contributed by atoms with Gasteiger partial charge in [0.25, 0.3) is 0 Å². The van der Waals surface area contributed by atoms with Gasteiger partial charge in [-0.05, 0) is 24.4 Å². The van der Waals surface area contributed by atoms with Crippen LogP contribution in [0.1, 0.15) is 12.8 Å². The summed E-state index contributed by atoms with van der Waals surface area (Å²) < 4.78 is 5.78. The highest BCUT2D eigenvalue weighted by molar-refractivity contribution is 7.13. The number of thiazole rings is 1. The van der Waals surface area contributed by atoms with E-state index in [1.165, 1.54) is 11.3 Å². The minimum absolute atomic E-state index is 0.0457. The average Bonchev–Trinajstić information content (AvgIpc) is 2.99. The summed E-state index contributed by atoms with van der Waals surface area (Å²) in [7, 11) is 0. The number of azide groups is 1. The Hall–Kier alpha value is -2.77. The predicted molar refractivity (Wildman–Crippen MR) is 87.5 cm³/mol. The number of rotatable bonds is 5. The number of nitrogens with zero attached hydrogens (tertiary/aromatic N) is 4. The molecule has 0 saturated heterocycles. The van der Waals surface area contributed by atoms with E-state index in [4.69, 9.17) is 16.0 Å². The second kappa shape index (κ2) is 6.55. The summed E-state index contributed by atoms with van der Waals surface area (Å²) in [5.41, 5.74) is 15.0. The standard InChI is InChI=1S/C14H14N6O2S/c15-12-10(19-20-16)2-1-3-11(12)22-9-6-8(7-9)13(21)18-14-17-4-5-23-14/h1-5,8-9H,6-7,15H2,(H,17,18,21)/t8-,9-. The summed E-state index contributed by atoms with van der Waals surface area (Å²) in [5.74, 6) is 0.333. The van der Waals surface area contributed by atoms with Crippen molar-refractivity contribution in [3.8, 4) is 5.75 Å². The molecule has 0 aliphatic heterocycles. The molecular formula is C14H14N6O2S. The number of hydrogen-bond acceptors (Lipinski definition) is 6. The van der Waals surface area contributed by atoms with Gasteiger partial charge < -0.3 is 15.8 Å². The zero-order chi connectivity index (χ0) is 16.2. The number of carbonyl (C=O) groups excluding carboxylic acids is 1. The third-order valence-electron chi connectivity index (χ3n) is 3.62. The molecule has 1 heterocycles. The zero-order valence-corrected chi connectivity index (χ0v) is 12.9. The van der Waals surface area contributed by atoms with Gasteiger partial charge in [0.2, 0.25) is 5.91 Å². The first-order valence-electron chi connectivity index (χ1n) is 6.98. The number of anilines is 2. The lowest BCUT2D eigenvalue weighted by atomic mass is 9.81. The van der Waals surface area contributed by atoms with Crippen molar-refractivity contribution in [3.63, 3.8) is 0 Å². The second-order valence-corrected chi connectivity index (χ2v) is 6.01. The van der Waals surface area contributed by atoms with Crippen LogP contribution in [0.4, 0.5) is 16.5 Å². The molecular weight excluding hydrogens is 316 g/mol. The van der Waals surface area contributed by atoms with Crippen molar-refractivity contribution in [1.82, 2.24) is 4.98 Å². The van der Waals surface area contributed by atoms with Crippen LogP contribution in [0.2, 0.25) is 0 Å². The maximum Gasteiger partial charge on any atom is 0.229 e. The first kappa shape index (κ1) is 15.1. The van der Waals surface area contributed by atoms with Gasteiger partial charge in [0.05, 0.1) is 11.4 Å². The molecule has 3 N–H and O–H groups in total. The first-order chi connectivity index (χ1) is 11.2. The Bertz CT molecular complexity index is 751. The average molecular weight is 330 g/mol. The Morgan fingerprint density at radius 2 is 2.35 bits per heavy atom. The Balaban J connectivity index is 1.55. The summed E-state index contributed by atoms with van der Waals surface area (Å²) in [6, 6.07) is 5.04. The molecule has 0 unspecified atom stereocenters. The lowest BCUT2D eigenvalue weighted by Gasteiger charge is -2.34. The Kier molecular flexibility index (Phi) is 4.31. The number of nitrogen functional groups attached to an aromatic ring is 1. The van der Waals surface area contributed by atoms with Gasteiger partial charge >= 0.3 is 0 Å². The summed E-state index contributed by atoms with van der Waals surface area (Å²) in [6.45, 7) is 0. The zero-order valence-electron chi connectivity index (χ0n) is 12.0. The molecule has 9 heteroatoms. The maximum atomic E-state index is 12.0. The van der Waals surface area contributed by atoms with E-state index >= 15 is 0 Å². The number of nitrogens with two attached hydrogens (primary N) is 1. The van der Waals surface area contributed by atoms with Gasteiger partial charge in [-0.25, -0.2) is 4.98 Å². The second-order valence-electron chi connectivity index (χ2n) is 5.11. The monoisotopic (exact) mass is 330 g/mol. The molecule has 8 nitrogen and oxygen atoms in total. The number of para-hydroxylation sites is 1. The quantitative estimate of drug-likeness (QED) is 0.376. The number of amides is 1. The number of hydrogen-bond donors (Lipinski definition) is 2. The minimum Gasteiger partial charge on any atom is -0.488 e. The van der Waals surface area contributed by atoms with Gasteiger partial charge in [-0.1, -0.05) is 17.2 Å². The molecule has 1 aliphatic carbocycles. The van der Waals surface area contributed by atoms with Crippen LogP contribution in [-0.2, 0) is 4.79 Å². The summed E-state index contributed by atoms with van der Waals surface area (Å²) >= 11 is 1.38. The fraction of sp³-hybridized carbons (Fsp3) is 0.286. The molecule has 3 rings (SSSR count). The molecule has 23 heavy (non-hydrogen) atoms. The van der Waals surface area contributed by atoms with E-state index < -0.39 is 0 Å². The normalized spacial score (nSPS) is 19.3. The van der Waals surface area contributed by atoms with Crippen LogP contribution in [-0.4, -0.2) is 17.0 Å². The van der Waals surface area contributed by atoms with Crippen LogP contribution >= 0.6 is 11.3 Å². The molecule has 1 saturated carbocycles. The van der Waals surface area contributed by atoms with Crippen LogP contribution in [0.3, 0.4) is 0 Å². The van der Waals surface area contributed by atoms with Crippen molar-refractivity contribution < 1.29 is 9.53 Å². The molecule has 0 atom stereocenters. The molecule has 0 spiro atoms. The Morgan fingerprint density at radius 1 is 1.52 bits per heavy atom. The number of benzene rings is 1. The first-order valence-corrected chi connectivity index (χ1v) is 7.86. The van der Waals surface area contributed by atoms with Crippen LogP contribution < -0.4 is 15.8 Å². The van der Waals surface area contributed by atoms with Crippen molar-refractivity contribution in [2.45, 2.75) is 18.9 Å². The lowest BCUT2D eigenvalue weighted by Crippen LogP contribution is -2.40. The SMILES string of the molecule is [N-]=[N+]=Nc1cccc(O[C@H]2C[C@H](C(=O)Nc3nccs3)C2)c1N. The largest absolute Gasteiger partial charge is 0.488 e. The fourth-order valence-electron chi connectivity index (χ4n) is 2.32. The van der Waals surface area contributed by atoms with E-state index in [9.17, 15) is 4.79 Å². The molecule has 2 aromatic rings. The lowest BCUT2D eigenvalue weighted by molar-refractivity contribution is -0.125. The van der Waals surface area contributed by atoms with Gasteiger partial charge in [0.15, 0.2) is 5.13 Å². The molecule has 1 aromatic heterocycles. The molecule has 118 valence electrons. The number of carbonyl (C=O) groups is 1. The third-order valence-corrected chi connectivity index (χ3v) is 4.31. The van der Waals surface area contributed by atoms with E-state index in [2.05, 4.69) is 20.3 Å². The highest BCUT2D eigenvalue weighted by atomic mass is 32.1. The fourth-order valence-corrected chi connectivity index (χ4v) is 2.85. The predicted octanol–water partition coefficient (Wildman–Crippen LogP) is 3.46. The van der Waals surface area contributed by atoms with E-state index in [0.717, 1.165) is 0 Å². The number of aromatic nitrogens is 1. The molecule has 1 fully saturated rings. The van der Waals surface area contributed by atoms with Crippen molar-refractivity contribution in [1.29, 1.82) is 0 Å². The van der Waals surface area contributed by atoms with Crippen LogP contribution in [0, 0.1) is 5.92 Å². The molecule has 1 aromatic carbocycles. The van der Waals surface area contributed by atoms with Crippen LogP contribution in [0.15, 0.2) is 34.9 Å². The van der Waals surface area contributed by atoms with Crippen LogP contribution in [0.25, 0.3) is 10.4 Å². The highest BCUT2D eigenvalue weighted by Crippen LogP contribution is 2.37. The minimum atomic E-state index is -0.0922. The molecule has 0 radical (unpaired) electrons. The summed E-state index contributed by atoms with van der Waals surface area (Å²) in [5, 5.41) is 8.70. The van der Waals surface area contributed by atoms with Crippen molar-refractivity contribution in [3.05, 3.63) is 40.2 Å². The molecule has 1 aliphatic rings. The Morgan fingerprint density at radius 3 is 3.04 bits per heavy atom. The molecule has 1 amide bonds. The summed E-state index contributed by atoms with van der Waals surface area (Å²) in [6.07, 6.45) is 2.79. The van der Waals surface area contributed by atoms with Crippen LogP contribution in [0.5, 0.6) is 5.75 Å². The third kappa shape index (κ3) is 3.36. The van der Waals surface area contributed by atoms with Gasteiger partial charge in [-0.15, -0.1) is 11.3 Å². The highest BCUT2D eigenvalue weighted by Gasteiger charge is 2.36. The number of ether oxygens (including phenoxy) is 1. The van der Waals surface area contributed by atoms with Gasteiger partial charge in [0.1, 0.15) is 11.9 Å². The number of nitrogens with one attached hydrogen (secondary N) is 1. The smallest absolute Gasteiger partial charge is 0.229 e. The van der Waals surface area contributed by atoms with Crippen molar-refractivity contribution in [2.24, 2.45) is 11.0 Å². The van der Waals surface area contributed by atoms with Gasteiger partial charge in [0, 0.05) is 22.4 Å². The maximum absolute atomic E-state index is 12.0. The van der Waals surface area contributed by atoms with E-state index in [-0.39, 0.29) is 17.9 Å². The van der Waals surface area contributed by atoms with Crippen molar-refractivity contribution in [2.75, 3.05) is 11.1 Å². The molecule has 0 bridgehead atoms. The Labute approximate surface area is 135 Å². The van der Waals surface area contributed by atoms with Gasteiger partial charge in [-0.3, -0.25) is 4.79 Å². The topological polar surface area (TPSA) is 126 Å². The van der Waals surface area contributed by atoms with E-state index in [1.807, 2.05) is 5.38 Å².